The Bertz CT molecular complexity index is 380. The number of piperidine rings is 1. The second kappa shape index (κ2) is 7.11. The molecule has 2 fully saturated rings. The summed E-state index contributed by atoms with van der Waals surface area (Å²) < 4.78 is 0. The Morgan fingerprint density at radius 2 is 1.81 bits per heavy atom. The van der Waals surface area contributed by atoms with Crippen molar-refractivity contribution in [3.05, 3.63) is 0 Å². The highest BCUT2D eigenvalue weighted by molar-refractivity contribution is 5.82. The second-order valence-electron chi connectivity index (χ2n) is 6.49. The van der Waals surface area contributed by atoms with E-state index in [1.807, 2.05) is 0 Å². The first-order valence-electron chi connectivity index (χ1n) is 8.01. The maximum atomic E-state index is 12.2. The van der Waals surface area contributed by atoms with Crippen molar-refractivity contribution in [2.45, 2.75) is 51.6 Å². The zero-order valence-corrected chi connectivity index (χ0v) is 13.0. The predicted octanol–water partition coefficient (Wildman–Crippen LogP) is 1.37. The van der Waals surface area contributed by atoms with Gasteiger partial charge in [0, 0.05) is 19.1 Å². The maximum absolute atomic E-state index is 12.2. The molecule has 0 aromatic heterocycles. The van der Waals surface area contributed by atoms with Crippen molar-refractivity contribution in [2.24, 2.45) is 5.92 Å². The monoisotopic (exact) mass is 297 g/mol. The number of carbonyl (C=O) groups is 2. The molecule has 0 spiro atoms. The first kappa shape index (κ1) is 16.1. The first-order valence-corrected chi connectivity index (χ1v) is 8.01. The van der Waals surface area contributed by atoms with Crippen molar-refractivity contribution in [3.8, 4) is 0 Å². The van der Waals surface area contributed by atoms with Crippen LogP contribution in [0.25, 0.3) is 0 Å². The van der Waals surface area contributed by atoms with Crippen LogP contribution in [0.5, 0.6) is 0 Å². The number of hydrogen-bond acceptors (Lipinski definition) is 3. The quantitative estimate of drug-likeness (QED) is 0.822. The van der Waals surface area contributed by atoms with Gasteiger partial charge in [0.05, 0.1) is 0 Å². The van der Waals surface area contributed by atoms with Gasteiger partial charge < -0.3 is 15.3 Å². The number of aliphatic carboxylic acids is 1. The van der Waals surface area contributed by atoms with Gasteiger partial charge in [-0.25, -0.2) is 9.59 Å². The van der Waals surface area contributed by atoms with Crippen LogP contribution in [0.3, 0.4) is 0 Å². The molecule has 0 aliphatic carbocycles. The van der Waals surface area contributed by atoms with E-state index in [4.69, 9.17) is 5.11 Å². The molecule has 21 heavy (non-hydrogen) atoms. The average Bonchev–Trinajstić information content (AvgIpc) is 2.94. The number of carboxylic acids is 1. The first-order chi connectivity index (χ1) is 9.99. The molecule has 2 aliphatic heterocycles. The lowest BCUT2D eigenvalue weighted by Crippen LogP contribution is -2.50. The van der Waals surface area contributed by atoms with Gasteiger partial charge in [-0.1, -0.05) is 20.3 Å². The van der Waals surface area contributed by atoms with E-state index in [9.17, 15) is 9.59 Å². The smallest absolute Gasteiger partial charge is 0.326 e. The Hall–Kier alpha value is -1.30. The lowest BCUT2D eigenvalue weighted by molar-refractivity contribution is -0.140. The summed E-state index contributed by atoms with van der Waals surface area (Å²) >= 11 is 0. The predicted molar refractivity (Wildman–Crippen MR) is 80.2 cm³/mol. The van der Waals surface area contributed by atoms with Crippen LogP contribution in [0.2, 0.25) is 0 Å². The van der Waals surface area contributed by atoms with Crippen LogP contribution in [0.1, 0.15) is 39.5 Å². The Morgan fingerprint density at radius 3 is 2.38 bits per heavy atom. The number of hydrogen-bond donors (Lipinski definition) is 2. The van der Waals surface area contributed by atoms with Crippen molar-refractivity contribution < 1.29 is 14.7 Å². The number of urea groups is 1. The highest BCUT2D eigenvalue weighted by Crippen LogP contribution is 2.20. The number of carbonyl (C=O) groups excluding carboxylic acids is 1. The van der Waals surface area contributed by atoms with Gasteiger partial charge in [-0.05, 0) is 38.3 Å². The molecule has 6 nitrogen and oxygen atoms in total. The molecular weight excluding hydrogens is 270 g/mol. The van der Waals surface area contributed by atoms with Gasteiger partial charge in [-0.3, -0.25) is 4.90 Å². The van der Waals surface area contributed by atoms with Crippen LogP contribution in [-0.2, 0) is 4.79 Å². The van der Waals surface area contributed by atoms with Crippen molar-refractivity contribution in [1.82, 2.24) is 15.1 Å². The largest absolute Gasteiger partial charge is 0.480 e. The van der Waals surface area contributed by atoms with Gasteiger partial charge in [0.2, 0.25) is 0 Å². The van der Waals surface area contributed by atoms with Gasteiger partial charge in [0.15, 0.2) is 0 Å². The van der Waals surface area contributed by atoms with Crippen LogP contribution in [0, 0.1) is 5.92 Å². The van der Waals surface area contributed by atoms with Crippen LogP contribution in [-0.4, -0.2) is 65.2 Å². The van der Waals surface area contributed by atoms with E-state index in [-0.39, 0.29) is 11.9 Å². The summed E-state index contributed by atoms with van der Waals surface area (Å²) in [6, 6.07) is -0.611. The fourth-order valence-corrected chi connectivity index (χ4v) is 3.25. The van der Waals surface area contributed by atoms with E-state index in [0.29, 0.717) is 6.04 Å². The molecule has 2 N–H and O–H groups in total. The SMILES string of the molecule is CC(C)[C@H](NC(=O)N1CCC(N2CCCCC2)C1)C(=O)O. The number of rotatable bonds is 4. The van der Waals surface area contributed by atoms with Gasteiger partial charge in [0.25, 0.3) is 0 Å². The average molecular weight is 297 g/mol. The van der Waals surface area contributed by atoms with Crippen molar-refractivity contribution in [3.63, 3.8) is 0 Å². The minimum absolute atomic E-state index is 0.119. The van der Waals surface area contributed by atoms with Gasteiger partial charge in [0.1, 0.15) is 6.04 Å². The number of nitrogens with zero attached hydrogens (tertiary/aromatic N) is 2. The lowest BCUT2D eigenvalue weighted by atomic mass is 10.1. The number of nitrogens with one attached hydrogen (secondary N) is 1. The Labute approximate surface area is 126 Å². The molecule has 2 heterocycles. The number of carboxylic acid groups (broad SMARTS) is 1. The Kier molecular flexibility index (Phi) is 5.45. The van der Waals surface area contributed by atoms with E-state index >= 15 is 0 Å². The summed E-state index contributed by atoms with van der Waals surface area (Å²) in [5, 5.41) is 11.8. The molecule has 2 saturated heterocycles. The molecule has 2 rings (SSSR count). The fourth-order valence-electron chi connectivity index (χ4n) is 3.25. The molecule has 1 unspecified atom stereocenters. The second-order valence-corrected chi connectivity index (χ2v) is 6.49. The molecule has 0 saturated carbocycles. The lowest BCUT2D eigenvalue weighted by Gasteiger charge is -2.32. The summed E-state index contributed by atoms with van der Waals surface area (Å²) in [6.45, 7) is 7.31. The van der Waals surface area contributed by atoms with Crippen LogP contribution in [0.4, 0.5) is 4.79 Å². The van der Waals surface area contributed by atoms with E-state index in [2.05, 4.69) is 10.2 Å². The molecular formula is C15H27N3O3. The van der Waals surface area contributed by atoms with E-state index in [1.54, 1.807) is 18.7 Å². The molecule has 2 amide bonds. The molecule has 2 aliphatic rings. The topological polar surface area (TPSA) is 72.9 Å². The third kappa shape index (κ3) is 4.09. The third-order valence-corrected chi connectivity index (χ3v) is 4.57. The van der Waals surface area contributed by atoms with Gasteiger partial charge >= 0.3 is 12.0 Å². The normalized spacial score (nSPS) is 25.1. The minimum atomic E-state index is -0.967. The highest BCUT2D eigenvalue weighted by atomic mass is 16.4. The van der Waals surface area contributed by atoms with Crippen molar-refractivity contribution >= 4 is 12.0 Å². The summed E-state index contributed by atoms with van der Waals surface area (Å²) in [5.74, 6) is -1.09. The van der Waals surface area contributed by atoms with Crippen LogP contribution in [0.15, 0.2) is 0 Å². The number of likely N-dealkylation sites (tertiary alicyclic amines) is 2. The molecule has 0 aromatic rings. The fraction of sp³-hybridized carbons (Fsp3) is 0.867. The summed E-state index contributed by atoms with van der Waals surface area (Å²) in [4.78, 5) is 27.6. The maximum Gasteiger partial charge on any atom is 0.326 e. The van der Waals surface area contributed by atoms with E-state index in [0.717, 1.165) is 32.6 Å². The highest BCUT2D eigenvalue weighted by Gasteiger charge is 2.33. The summed E-state index contributed by atoms with van der Waals surface area (Å²) in [5.41, 5.74) is 0. The Balaban J connectivity index is 1.85. The summed E-state index contributed by atoms with van der Waals surface area (Å²) in [7, 11) is 0. The number of amides is 2. The van der Waals surface area contributed by atoms with Crippen molar-refractivity contribution in [2.75, 3.05) is 26.2 Å². The Morgan fingerprint density at radius 1 is 1.14 bits per heavy atom. The standard InChI is InChI=1S/C15H27N3O3/c1-11(2)13(14(19)20)16-15(21)18-9-6-12(10-18)17-7-4-3-5-8-17/h11-13H,3-10H2,1-2H3,(H,16,21)(H,19,20)/t12?,13-/m0/s1. The zero-order valence-electron chi connectivity index (χ0n) is 13.0. The molecule has 2 atom stereocenters. The summed E-state index contributed by atoms with van der Waals surface area (Å²) in [6.07, 6.45) is 4.79. The van der Waals surface area contributed by atoms with Gasteiger partial charge in [-0.15, -0.1) is 0 Å². The van der Waals surface area contributed by atoms with E-state index < -0.39 is 12.0 Å². The molecule has 120 valence electrons. The molecule has 0 radical (unpaired) electrons. The van der Waals surface area contributed by atoms with Gasteiger partial charge in [-0.2, -0.15) is 0 Å². The molecule has 0 bridgehead atoms. The third-order valence-electron chi connectivity index (χ3n) is 4.57. The van der Waals surface area contributed by atoms with Crippen LogP contribution >= 0.6 is 0 Å². The van der Waals surface area contributed by atoms with Crippen LogP contribution < -0.4 is 5.32 Å². The van der Waals surface area contributed by atoms with E-state index in [1.165, 1.54) is 19.3 Å². The zero-order chi connectivity index (χ0) is 15.4. The molecule has 6 heteroatoms. The minimum Gasteiger partial charge on any atom is -0.480 e. The van der Waals surface area contributed by atoms with Crippen molar-refractivity contribution in [1.29, 1.82) is 0 Å². The molecule has 0 aromatic carbocycles.